The van der Waals surface area contributed by atoms with Crippen molar-refractivity contribution in [3.63, 3.8) is 0 Å². The lowest BCUT2D eigenvalue weighted by molar-refractivity contribution is -0.183. The number of hydrogen-bond donors (Lipinski definition) is 2. The number of aliphatic hydroxyl groups excluding tert-OH is 2. The van der Waals surface area contributed by atoms with Crippen LogP contribution in [0.15, 0.2) is 12.3 Å². The quantitative estimate of drug-likeness (QED) is 0.236. The third-order valence-electron chi connectivity index (χ3n) is 4.59. The molecule has 1 rings (SSSR count). The summed E-state index contributed by atoms with van der Waals surface area (Å²) in [6.45, 7) is 5.93. The lowest BCUT2D eigenvalue weighted by Gasteiger charge is -2.34. The fourth-order valence-electron chi connectivity index (χ4n) is 2.82. The number of rotatable bonds is 13. The van der Waals surface area contributed by atoms with E-state index in [0.29, 0.717) is 32.5 Å². The number of piperazine rings is 1. The van der Waals surface area contributed by atoms with Gasteiger partial charge in [0.2, 0.25) is 5.91 Å². The van der Waals surface area contributed by atoms with Crippen LogP contribution in [0.3, 0.4) is 0 Å². The summed E-state index contributed by atoms with van der Waals surface area (Å²) in [7, 11) is 0. The normalized spacial score (nSPS) is 17.0. The zero-order chi connectivity index (χ0) is 22.4. The summed E-state index contributed by atoms with van der Waals surface area (Å²) in [6.07, 6.45) is 2.59. The number of esters is 2. The first-order valence-electron chi connectivity index (χ1n) is 10.3. The molecule has 1 saturated heterocycles. The second-order valence-electron chi connectivity index (χ2n) is 7.00. The van der Waals surface area contributed by atoms with Gasteiger partial charge in [-0.1, -0.05) is 6.92 Å². The fraction of sp³-hybridized carbons (Fsp3) is 0.750. The number of nitrogens with zero attached hydrogens (tertiary/aromatic N) is 2. The lowest BCUT2D eigenvalue weighted by atomic mass is 10.2. The number of hydrogen-bond acceptors (Lipinski definition) is 9. The predicted molar refractivity (Wildman–Crippen MR) is 107 cm³/mol. The van der Waals surface area contributed by atoms with Crippen molar-refractivity contribution in [1.29, 1.82) is 0 Å². The maximum atomic E-state index is 12.3. The van der Waals surface area contributed by atoms with Crippen LogP contribution in [0.25, 0.3) is 0 Å². The maximum absolute atomic E-state index is 12.3. The summed E-state index contributed by atoms with van der Waals surface area (Å²) >= 11 is 0. The first-order chi connectivity index (χ1) is 14.3. The minimum Gasteiger partial charge on any atom is -0.460 e. The van der Waals surface area contributed by atoms with Gasteiger partial charge in [0.15, 0.2) is 6.29 Å². The molecule has 0 radical (unpaired) electrons. The Balaban J connectivity index is 2.15. The molecule has 10 nitrogen and oxygen atoms in total. The Labute approximate surface area is 177 Å². The standard InChI is InChI=1S/C20H34N2O8/c1-3-17(14-23)30-20(27)15-29-19(26)7-4-6-18(25)22-11-9-21(10-12-22)8-5-13-28-16(2)24/h5,13,17,20,23,27H,3-4,6-12,14-15H2,1-2H3/b13-5+. The van der Waals surface area contributed by atoms with Crippen molar-refractivity contribution in [2.75, 3.05) is 45.9 Å². The van der Waals surface area contributed by atoms with Crippen LogP contribution < -0.4 is 0 Å². The van der Waals surface area contributed by atoms with Crippen LogP contribution in [-0.4, -0.2) is 96.2 Å². The van der Waals surface area contributed by atoms with Gasteiger partial charge in [-0.3, -0.25) is 19.3 Å². The van der Waals surface area contributed by atoms with E-state index in [1.54, 1.807) is 17.9 Å². The van der Waals surface area contributed by atoms with Crippen molar-refractivity contribution in [1.82, 2.24) is 9.80 Å². The summed E-state index contributed by atoms with van der Waals surface area (Å²) in [5, 5.41) is 18.6. The summed E-state index contributed by atoms with van der Waals surface area (Å²) in [6, 6.07) is 0. The van der Waals surface area contributed by atoms with Crippen molar-refractivity contribution >= 4 is 17.8 Å². The van der Waals surface area contributed by atoms with Gasteiger partial charge < -0.3 is 29.3 Å². The molecule has 0 aromatic rings. The lowest BCUT2D eigenvalue weighted by Crippen LogP contribution is -2.48. The first-order valence-corrected chi connectivity index (χ1v) is 10.3. The second kappa shape index (κ2) is 14.9. The Morgan fingerprint density at radius 1 is 1.13 bits per heavy atom. The van der Waals surface area contributed by atoms with E-state index in [2.05, 4.69) is 4.90 Å². The Hall–Kier alpha value is -2.01. The second-order valence-corrected chi connectivity index (χ2v) is 7.00. The van der Waals surface area contributed by atoms with Crippen LogP contribution in [0.2, 0.25) is 0 Å². The molecule has 2 atom stereocenters. The van der Waals surface area contributed by atoms with E-state index in [4.69, 9.17) is 19.3 Å². The fourth-order valence-corrected chi connectivity index (χ4v) is 2.82. The molecule has 1 aliphatic rings. The molecule has 2 N–H and O–H groups in total. The summed E-state index contributed by atoms with van der Waals surface area (Å²) < 4.78 is 14.8. The number of aliphatic hydroxyl groups is 2. The highest BCUT2D eigenvalue weighted by Crippen LogP contribution is 2.08. The van der Waals surface area contributed by atoms with Gasteiger partial charge in [-0.15, -0.1) is 0 Å². The molecule has 0 aromatic carbocycles. The van der Waals surface area contributed by atoms with Crippen LogP contribution in [0, 0.1) is 0 Å². The zero-order valence-corrected chi connectivity index (χ0v) is 17.8. The molecule has 0 spiro atoms. The third-order valence-corrected chi connectivity index (χ3v) is 4.59. The van der Waals surface area contributed by atoms with E-state index in [9.17, 15) is 19.5 Å². The molecule has 10 heteroatoms. The van der Waals surface area contributed by atoms with Gasteiger partial charge in [0.25, 0.3) is 0 Å². The van der Waals surface area contributed by atoms with Gasteiger partial charge in [-0.05, 0) is 18.9 Å². The van der Waals surface area contributed by atoms with Crippen LogP contribution in [0.1, 0.15) is 39.5 Å². The van der Waals surface area contributed by atoms with Gasteiger partial charge in [-0.2, -0.15) is 0 Å². The minimum absolute atomic E-state index is 0.00462. The van der Waals surface area contributed by atoms with Crippen LogP contribution in [0.4, 0.5) is 0 Å². The highest BCUT2D eigenvalue weighted by atomic mass is 16.6. The Bertz CT molecular complexity index is 557. The Morgan fingerprint density at radius 2 is 1.83 bits per heavy atom. The predicted octanol–water partition coefficient (Wildman–Crippen LogP) is 0.0268. The van der Waals surface area contributed by atoms with E-state index in [-0.39, 0.29) is 37.9 Å². The first kappa shape index (κ1) is 26.0. The number of ether oxygens (including phenoxy) is 3. The molecule has 1 aliphatic heterocycles. The highest BCUT2D eigenvalue weighted by Gasteiger charge is 2.20. The molecule has 0 aliphatic carbocycles. The average molecular weight is 430 g/mol. The van der Waals surface area contributed by atoms with Gasteiger partial charge in [-0.25, -0.2) is 0 Å². The maximum Gasteiger partial charge on any atom is 0.307 e. The van der Waals surface area contributed by atoms with E-state index in [1.807, 2.05) is 0 Å². The van der Waals surface area contributed by atoms with Crippen molar-refractivity contribution in [3.05, 3.63) is 12.3 Å². The summed E-state index contributed by atoms with van der Waals surface area (Å²) in [5.74, 6) is -0.872. The molecule has 2 unspecified atom stereocenters. The summed E-state index contributed by atoms with van der Waals surface area (Å²) in [5.41, 5.74) is 0. The van der Waals surface area contributed by atoms with E-state index >= 15 is 0 Å². The summed E-state index contributed by atoms with van der Waals surface area (Å²) in [4.78, 5) is 38.6. The Morgan fingerprint density at radius 3 is 2.43 bits per heavy atom. The van der Waals surface area contributed by atoms with Gasteiger partial charge in [0.1, 0.15) is 6.61 Å². The average Bonchev–Trinajstić information content (AvgIpc) is 2.73. The molecule has 30 heavy (non-hydrogen) atoms. The van der Waals surface area contributed by atoms with Gasteiger partial charge in [0.05, 0.1) is 19.0 Å². The topological polar surface area (TPSA) is 126 Å². The number of carbonyl (C=O) groups excluding carboxylic acids is 3. The van der Waals surface area contributed by atoms with Gasteiger partial charge >= 0.3 is 11.9 Å². The molecule has 172 valence electrons. The molecule has 0 aromatic heterocycles. The SMILES string of the molecule is CCC(CO)OC(O)COC(=O)CCCC(=O)N1CCN(C/C=C/OC(C)=O)CC1. The van der Waals surface area contributed by atoms with Crippen molar-refractivity contribution < 1.29 is 38.8 Å². The van der Waals surface area contributed by atoms with Crippen LogP contribution in [-0.2, 0) is 28.6 Å². The van der Waals surface area contributed by atoms with Crippen LogP contribution in [0.5, 0.6) is 0 Å². The molecule has 0 saturated carbocycles. The third kappa shape index (κ3) is 11.2. The van der Waals surface area contributed by atoms with E-state index in [0.717, 1.165) is 13.1 Å². The van der Waals surface area contributed by atoms with Crippen molar-refractivity contribution in [2.45, 2.75) is 51.9 Å². The monoisotopic (exact) mass is 430 g/mol. The smallest absolute Gasteiger partial charge is 0.307 e. The number of carbonyl (C=O) groups is 3. The molecule has 0 bridgehead atoms. The van der Waals surface area contributed by atoms with E-state index < -0.39 is 18.4 Å². The molecule has 1 fully saturated rings. The molecular weight excluding hydrogens is 396 g/mol. The van der Waals surface area contributed by atoms with E-state index in [1.165, 1.54) is 13.2 Å². The number of amides is 1. The molecular formula is C20H34N2O8. The van der Waals surface area contributed by atoms with Crippen molar-refractivity contribution in [2.24, 2.45) is 0 Å². The highest BCUT2D eigenvalue weighted by molar-refractivity contribution is 5.77. The zero-order valence-electron chi connectivity index (χ0n) is 17.8. The van der Waals surface area contributed by atoms with Crippen molar-refractivity contribution in [3.8, 4) is 0 Å². The molecule has 1 heterocycles. The Kier molecular flexibility index (Phi) is 12.9. The van der Waals surface area contributed by atoms with Crippen LogP contribution >= 0.6 is 0 Å². The molecule has 1 amide bonds. The minimum atomic E-state index is -1.28. The van der Waals surface area contributed by atoms with Gasteiger partial charge in [0, 0.05) is 52.5 Å². The largest absolute Gasteiger partial charge is 0.460 e.